The minimum atomic E-state index is -1.25. The first kappa shape index (κ1) is 22.3. The Morgan fingerprint density at radius 1 is 1.30 bits per heavy atom. The van der Waals surface area contributed by atoms with Crippen LogP contribution in [-0.2, 0) is 22.7 Å². The molecule has 2 aromatic carbocycles. The van der Waals surface area contributed by atoms with Crippen molar-refractivity contribution < 1.29 is 14.4 Å². The average molecular weight is 440 g/mol. The molecule has 0 aliphatic carbocycles. The highest BCUT2D eigenvalue weighted by molar-refractivity contribution is 7.97. The third-order valence-electron chi connectivity index (χ3n) is 4.94. The van der Waals surface area contributed by atoms with Crippen molar-refractivity contribution in [2.45, 2.75) is 37.3 Å². The molecule has 0 bridgehead atoms. The Morgan fingerprint density at radius 2 is 2.03 bits per heavy atom. The molecule has 7 nitrogen and oxygen atoms in total. The van der Waals surface area contributed by atoms with Crippen LogP contribution in [0.1, 0.15) is 34.8 Å². The molecule has 1 aliphatic heterocycles. The van der Waals surface area contributed by atoms with Gasteiger partial charge in [-0.3, -0.25) is 24.8 Å². The standard InChI is InChI=1S/C20H22BN4O3PS/c1-2-16(26)24-19(27)18(21)25-10-13-12(20(25)28)6-4-7-14(13)23-9-11-5-3-8-15(30-22)17(11)29/h3-8,18,23H,2,9-10,22,29H2,1H3,(H,24,26,27). The van der Waals surface area contributed by atoms with Gasteiger partial charge in [0.25, 0.3) is 5.91 Å². The minimum absolute atomic E-state index is 0.155. The topological polar surface area (TPSA) is 105 Å². The summed E-state index contributed by atoms with van der Waals surface area (Å²) in [5, 5.41) is 12.3. The number of rotatable bonds is 7. The zero-order chi connectivity index (χ0) is 21.8. The molecule has 30 heavy (non-hydrogen) atoms. The molecule has 3 rings (SSSR count). The lowest BCUT2D eigenvalue weighted by molar-refractivity contribution is -0.131. The third kappa shape index (κ3) is 4.53. The molecular formula is C20H22BN4O3PS. The first-order chi connectivity index (χ1) is 14.4. The van der Waals surface area contributed by atoms with Crippen LogP contribution in [0.2, 0.25) is 0 Å². The zero-order valence-electron chi connectivity index (χ0n) is 16.5. The molecule has 0 fully saturated rings. The summed E-state index contributed by atoms with van der Waals surface area (Å²) < 4.78 is 0. The molecule has 0 saturated carbocycles. The van der Waals surface area contributed by atoms with Gasteiger partial charge in [-0.25, -0.2) is 0 Å². The number of anilines is 1. The van der Waals surface area contributed by atoms with Crippen LogP contribution in [0.3, 0.4) is 0 Å². The molecule has 10 heteroatoms. The van der Waals surface area contributed by atoms with Gasteiger partial charge in [-0.2, -0.15) is 0 Å². The molecule has 3 amide bonds. The van der Waals surface area contributed by atoms with Gasteiger partial charge in [0.2, 0.25) is 11.8 Å². The maximum absolute atomic E-state index is 12.8. The quantitative estimate of drug-likeness (QED) is 0.340. The molecular weight excluding hydrogens is 418 g/mol. The number of carbonyl (C=O) groups is 3. The Bertz CT molecular complexity index is 1000. The molecule has 0 saturated heterocycles. The minimum Gasteiger partial charge on any atom is -0.381 e. The summed E-state index contributed by atoms with van der Waals surface area (Å²) in [7, 11) is 8.67. The maximum Gasteiger partial charge on any atom is 0.254 e. The second kappa shape index (κ2) is 9.64. The largest absolute Gasteiger partial charge is 0.381 e. The van der Waals surface area contributed by atoms with Gasteiger partial charge in [-0.05, 0) is 41.0 Å². The molecule has 2 atom stereocenters. The summed E-state index contributed by atoms with van der Waals surface area (Å²) in [5.74, 6) is -2.71. The molecule has 2 unspecified atom stereocenters. The summed E-state index contributed by atoms with van der Waals surface area (Å²) in [6, 6.07) is 11.3. The first-order valence-corrected chi connectivity index (χ1v) is 10.8. The Kier molecular flexibility index (Phi) is 7.18. The van der Waals surface area contributed by atoms with Gasteiger partial charge >= 0.3 is 0 Å². The first-order valence-electron chi connectivity index (χ1n) is 9.37. The maximum atomic E-state index is 12.8. The van der Waals surface area contributed by atoms with E-state index >= 15 is 0 Å². The lowest BCUT2D eigenvalue weighted by Gasteiger charge is -2.23. The van der Waals surface area contributed by atoms with E-state index in [9.17, 15) is 14.4 Å². The summed E-state index contributed by atoms with van der Waals surface area (Å²) in [5.41, 5.74) is 3.10. The number of amides is 3. The average Bonchev–Trinajstić information content (AvgIpc) is 3.09. The number of nitrogens with two attached hydrogens (primary N) is 1. The number of carbonyl (C=O) groups excluding carboxylic acids is 3. The third-order valence-corrected chi connectivity index (χ3v) is 6.44. The molecule has 154 valence electrons. The Hall–Kier alpha value is -2.35. The molecule has 0 aromatic heterocycles. The number of fused-ring (bicyclic) bond motifs is 1. The van der Waals surface area contributed by atoms with E-state index in [1.807, 2.05) is 24.3 Å². The summed E-state index contributed by atoms with van der Waals surface area (Å²) in [4.78, 5) is 38.7. The number of imide groups is 1. The van der Waals surface area contributed by atoms with Crippen molar-refractivity contribution >= 4 is 57.7 Å². The van der Waals surface area contributed by atoms with Gasteiger partial charge in [0.1, 0.15) is 7.85 Å². The second-order valence-corrected chi connectivity index (χ2v) is 8.03. The lowest BCUT2D eigenvalue weighted by Crippen LogP contribution is -2.49. The van der Waals surface area contributed by atoms with Crippen LogP contribution in [0.5, 0.6) is 0 Å². The van der Waals surface area contributed by atoms with Crippen molar-refractivity contribution in [3.63, 3.8) is 0 Å². The van der Waals surface area contributed by atoms with Gasteiger partial charge in [0.15, 0.2) is 0 Å². The van der Waals surface area contributed by atoms with E-state index in [1.54, 1.807) is 19.1 Å². The summed E-state index contributed by atoms with van der Waals surface area (Å²) >= 11 is 1.19. The van der Waals surface area contributed by atoms with Crippen LogP contribution in [0.25, 0.3) is 0 Å². The predicted octanol–water partition coefficient (Wildman–Crippen LogP) is 1.27. The van der Waals surface area contributed by atoms with Crippen LogP contribution < -0.4 is 21.1 Å². The highest BCUT2D eigenvalue weighted by Crippen LogP contribution is 2.30. The van der Waals surface area contributed by atoms with Gasteiger partial charge < -0.3 is 10.2 Å². The van der Waals surface area contributed by atoms with Gasteiger partial charge in [-0.15, -0.1) is 9.24 Å². The predicted molar refractivity (Wildman–Crippen MR) is 122 cm³/mol. The van der Waals surface area contributed by atoms with E-state index in [-0.39, 0.29) is 18.9 Å². The molecule has 4 N–H and O–H groups in total. The monoisotopic (exact) mass is 440 g/mol. The fourth-order valence-corrected chi connectivity index (χ4v) is 4.14. The molecule has 0 spiro atoms. The summed E-state index contributed by atoms with van der Waals surface area (Å²) in [6.07, 6.45) is 0.155. The number of benzene rings is 2. The molecule has 1 aliphatic rings. The van der Waals surface area contributed by atoms with Crippen molar-refractivity contribution in [3.8, 4) is 0 Å². The zero-order valence-corrected chi connectivity index (χ0v) is 18.4. The Labute approximate surface area is 183 Å². The van der Waals surface area contributed by atoms with Crippen molar-refractivity contribution in [1.82, 2.24) is 10.2 Å². The van der Waals surface area contributed by atoms with Crippen molar-refractivity contribution in [1.29, 1.82) is 0 Å². The molecule has 2 radical (unpaired) electrons. The number of nitrogens with zero attached hydrogens (tertiary/aromatic N) is 1. The SMILES string of the molecule is [B]C(C(=O)NC(=O)CC)N1Cc2c(NCc3cccc(SN)c3P)cccc2C1=O. The fraction of sp³-hybridized carbons (Fsp3) is 0.250. The van der Waals surface area contributed by atoms with E-state index < -0.39 is 17.8 Å². The van der Waals surface area contributed by atoms with Gasteiger partial charge in [-0.1, -0.05) is 25.1 Å². The summed E-state index contributed by atoms with van der Waals surface area (Å²) in [6.45, 7) is 2.35. The lowest BCUT2D eigenvalue weighted by atomic mass is 9.93. The van der Waals surface area contributed by atoms with Crippen LogP contribution in [0.15, 0.2) is 41.3 Å². The second-order valence-electron chi connectivity index (χ2n) is 6.78. The Balaban J connectivity index is 1.77. The Morgan fingerprint density at radius 3 is 2.73 bits per heavy atom. The molecule has 2 aromatic rings. The van der Waals surface area contributed by atoms with Crippen LogP contribution in [-0.4, -0.2) is 36.4 Å². The number of hydrogen-bond donors (Lipinski definition) is 3. The van der Waals surface area contributed by atoms with E-state index in [1.165, 1.54) is 16.8 Å². The number of nitrogens with one attached hydrogen (secondary N) is 2. The van der Waals surface area contributed by atoms with E-state index in [4.69, 9.17) is 13.0 Å². The number of hydrogen-bond acceptors (Lipinski definition) is 6. The van der Waals surface area contributed by atoms with Crippen LogP contribution in [0.4, 0.5) is 5.69 Å². The van der Waals surface area contributed by atoms with Crippen LogP contribution >= 0.6 is 21.2 Å². The van der Waals surface area contributed by atoms with Crippen molar-refractivity contribution in [3.05, 3.63) is 53.1 Å². The molecule has 1 heterocycles. The van der Waals surface area contributed by atoms with E-state index in [2.05, 4.69) is 19.9 Å². The smallest absolute Gasteiger partial charge is 0.254 e. The van der Waals surface area contributed by atoms with Crippen molar-refractivity contribution in [2.75, 3.05) is 5.32 Å². The van der Waals surface area contributed by atoms with Crippen LogP contribution in [0, 0.1) is 0 Å². The van der Waals surface area contributed by atoms with Gasteiger partial charge in [0, 0.05) is 41.2 Å². The highest BCUT2D eigenvalue weighted by Gasteiger charge is 2.35. The normalized spacial score (nSPS) is 13.7. The fourth-order valence-electron chi connectivity index (χ4n) is 3.22. The van der Waals surface area contributed by atoms with E-state index in [0.29, 0.717) is 12.1 Å². The van der Waals surface area contributed by atoms with Gasteiger partial charge in [0.05, 0.1) is 5.94 Å². The van der Waals surface area contributed by atoms with E-state index in [0.717, 1.165) is 27.0 Å². The highest BCUT2D eigenvalue weighted by atomic mass is 32.2. The van der Waals surface area contributed by atoms with Crippen molar-refractivity contribution in [2.24, 2.45) is 5.14 Å².